The molecule has 0 aliphatic carbocycles. The molecule has 5 nitrogen and oxygen atoms in total. The van der Waals surface area contributed by atoms with Gasteiger partial charge in [-0.15, -0.1) is 0 Å². The van der Waals surface area contributed by atoms with Gasteiger partial charge in [-0.1, -0.05) is 42.5 Å². The third-order valence-corrected chi connectivity index (χ3v) is 4.86. The van der Waals surface area contributed by atoms with Crippen LogP contribution in [-0.2, 0) is 22.6 Å². The first-order valence-corrected chi connectivity index (χ1v) is 9.39. The van der Waals surface area contributed by atoms with E-state index in [9.17, 15) is 9.59 Å². The van der Waals surface area contributed by atoms with E-state index in [2.05, 4.69) is 0 Å². The number of methoxy groups -OCH3 is 1. The summed E-state index contributed by atoms with van der Waals surface area (Å²) in [6.45, 7) is 2.32. The van der Waals surface area contributed by atoms with E-state index in [0.717, 1.165) is 28.9 Å². The summed E-state index contributed by atoms with van der Waals surface area (Å²) < 4.78 is 10.9. The van der Waals surface area contributed by atoms with Crippen molar-refractivity contribution in [2.75, 3.05) is 13.7 Å². The zero-order chi connectivity index (χ0) is 19.9. The fourth-order valence-corrected chi connectivity index (χ4v) is 3.45. The van der Waals surface area contributed by atoms with Crippen molar-refractivity contribution >= 4 is 11.9 Å². The molecule has 1 unspecified atom stereocenters. The minimum absolute atomic E-state index is 0.0102. The Hall–Kier alpha value is -3.08. The maximum absolute atomic E-state index is 12.8. The quantitative estimate of drug-likeness (QED) is 0.695. The Morgan fingerprint density at radius 2 is 1.96 bits per heavy atom. The lowest BCUT2D eigenvalue weighted by Crippen LogP contribution is -2.40. The van der Waals surface area contributed by atoms with Crippen molar-refractivity contribution in [2.24, 2.45) is 0 Å². The van der Waals surface area contributed by atoms with Crippen LogP contribution in [-0.4, -0.2) is 30.4 Å². The van der Waals surface area contributed by atoms with Crippen molar-refractivity contribution in [1.82, 2.24) is 4.90 Å². The molecule has 1 heterocycles. The van der Waals surface area contributed by atoms with Gasteiger partial charge < -0.3 is 14.4 Å². The molecule has 0 spiro atoms. The van der Waals surface area contributed by atoms with Crippen molar-refractivity contribution in [3.63, 3.8) is 0 Å². The van der Waals surface area contributed by atoms with Crippen molar-refractivity contribution in [2.45, 2.75) is 32.4 Å². The second kappa shape index (κ2) is 9.22. The maximum atomic E-state index is 12.8. The Bertz CT molecular complexity index is 860. The van der Waals surface area contributed by atoms with E-state index < -0.39 is 0 Å². The summed E-state index contributed by atoms with van der Waals surface area (Å²) >= 11 is 0. The Morgan fingerprint density at radius 3 is 2.68 bits per heavy atom. The summed E-state index contributed by atoms with van der Waals surface area (Å²) in [6, 6.07) is 15.4. The summed E-state index contributed by atoms with van der Waals surface area (Å²) in [4.78, 5) is 25.8. The fourth-order valence-electron chi connectivity index (χ4n) is 3.45. The number of allylic oxidation sites excluding steroid dienone is 1. The number of rotatable bonds is 6. The molecular weight excluding hydrogens is 354 g/mol. The molecule has 3 rings (SSSR count). The Balaban J connectivity index is 1.79. The number of benzene rings is 2. The average molecular weight is 379 g/mol. The molecule has 1 atom stereocenters. The van der Waals surface area contributed by atoms with Crippen molar-refractivity contribution < 1.29 is 19.1 Å². The summed E-state index contributed by atoms with van der Waals surface area (Å²) in [7, 11) is 1.64. The highest BCUT2D eigenvalue weighted by atomic mass is 16.6. The van der Waals surface area contributed by atoms with Crippen LogP contribution in [0.2, 0.25) is 0 Å². The Labute approximate surface area is 165 Å². The van der Waals surface area contributed by atoms with E-state index in [1.165, 1.54) is 6.92 Å². The smallest absolute Gasteiger partial charge is 0.410 e. The number of amides is 1. The SMILES string of the molecule is COc1ccc2c(c1)CCN(C(=O)OCc1ccccc1)C2C/C=C/C(C)=O. The molecule has 0 bridgehead atoms. The van der Waals surface area contributed by atoms with E-state index in [-0.39, 0.29) is 24.5 Å². The highest BCUT2D eigenvalue weighted by molar-refractivity contribution is 5.87. The molecule has 1 amide bonds. The predicted molar refractivity (Wildman–Crippen MR) is 107 cm³/mol. The second-order valence-electron chi connectivity index (χ2n) is 6.81. The average Bonchev–Trinajstić information content (AvgIpc) is 2.72. The van der Waals surface area contributed by atoms with Gasteiger partial charge in [-0.25, -0.2) is 4.79 Å². The van der Waals surface area contributed by atoms with Gasteiger partial charge in [0, 0.05) is 6.54 Å². The van der Waals surface area contributed by atoms with Gasteiger partial charge in [0.25, 0.3) is 0 Å². The lowest BCUT2D eigenvalue weighted by molar-refractivity contribution is -0.112. The predicted octanol–water partition coefficient (Wildman–Crippen LogP) is 4.47. The molecule has 28 heavy (non-hydrogen) atoms. The van der Waals surface area contributed by atoms with Crippen molar-refractivity contribution in [3.05, 3.63) is 77.4 Å². The summed E-state index contributed by atoms with van der Waals surface area (Å²) in [5.41, 5.74) is 3.18. The maximum Gasteiger partial charge on any atom is 0.410 e. The zero-order valence-electron chi connectivity index (χ0n) is 16.3. The fraction of sp³-hybridized carbons (Fsp3) is 0.304. The van der Waals surface area contributed by atoms with Crippen LogP contribution in [0.1, 0.15) is 36.1 Å². The molecule has 0 saturated carbocycles. The van der Waals surface area contributed by atoms with Crippen LogP contribution in [0.3, 0.4) is 0 Å². The number of fused-ring (bicyclic) bond motifs is 1. The molecule has 5 heteroatoms. The third-order valence-electron chi connectivity index (χ3n) is 4.86. The molecular formula is C23H25NO4. The number of ether oxygens (including phenoxy) is 2. The standard InChI is InChI=1S/C23H25NO4/c1-17(25)7-6-10-22-21-12-11-20(27-2)15-19(21)13-14-24(22)23(26)28-16-18-8-4-3-5-9-18/h3-9,11-12,15,22H,10,13-14,16H2,1-2H3/b7-6+. The number of carbonyl (C=O) groups excluding carboxylic acids is 2. The van der Waals surface area contributed by atoms with E-state index in [1.54, 1.807) is 18.1 Å². The summed E-state index contributed by atoms with van der Waals surface area (Å²) in [5, 5.41) is 0. The number of hydrogen-bond acceptors (Lipinski definition) is 4. The van der Waals surface area contributed by atoms with Gasteiger partial charge in [-0.05, 0) is 54.7 Å². The molecule has 2 aromatic rings. The van der Waals surface area contributed by atoms with Crippen LogP contribution in [0.5, 0.6) is 5.75 Å². The van der Waals surface area contributed by atoms with Crippen LogP contribution < -0.4 is 4.74 Å². The summed E-state index contributed by atoms with van der Waals surface area (Å²) in [6.07, 6.45) is 4.32. The lowest BCUT2D eigenvalue weighted by Gasteiger charge is -2.36. The molecule has 146 valence electrons. The number of carbonyl (C=O) groups is 2. The third kappa shape index (κ3) is 4.80. The van der Waals surface area contributed by atoms with Gasteiger partial charge in [0.2, 0.25) is 0 Å². The van der Waals surface area contributed by atoms with Gasteiger partial charge in [-0.3, -0.25) is 4.79 Å². The van der Waals surface area contributed by atoms with Gasteiger partial charge in [0.05, 0.1) is 13.2 Å². The van der Waals surface area contributed by atoms with Crippen molar-refractivity contribution in [3.8, 4) is 5.75 Å². The topological polar surface area (TPSA) is 55.8 Å². The number of nitrogens with zero attached hydrogens (tertiary/aromatic N) is 1. The molecule has 0 radical (unpaired) electrons. The first-order chi connectivity index (χ1) is 13.6. The second-order valence-corrected chi connectivity index (χ2v) is 6.81. The molecule has 0 saturated heterocycles. The highest BCUT2D eigenvalue weighted by Gasteiger charge is 2.31. The van der Waals surface area contributed by atoms with E-state index in [0.29, 0.717) is 13.0 Å². The molecule has 0 aromatic heterocycles. The van der Waals surface area contributed by atoms with Crippen LogP contribution in [0, 0.1) is 0 Å². The van der Waals surface area contributed by atoms with Gasteiger partial charge in [0.1, 0.15) is 12.4 Å². The van der Waals surface area contributed by atoms with Crippen LogP contribution in [0.4, 0.5) is 4.79 Å². The van der Waals surface area contributed by atoms with Crippen LogP contribution >= 0.6 is 0 Å². The van der Waals surface area contributed by atoms with E-state index in [1.807, 2.05) is 54.6 Å². The van der Waals surface area contributed by atoms with Gasteiger partial charge >= 0.3 is 6.09 Å². The molecule has 0 N–H and O–H groups in total. The lowest BCUT2D eigenvalue weighted by atomic mass is 9.90. The first-order valence-electron chi connectivity index (χ1n) is 9.39. The zero-order valence-corrected chi connectivity index (χ0v) is 16.3. The molecule has 1 aliphatic heterocycles. The Morgan fingerprint density at radius 1 is 1.18 bits per heavy atom. The van der Waals surface area contributed by atoms with Crippen LogP contribution in [0.15, 0.2) is 60.7 Å². The molecule has 2 aromatic carbocycles. The molecule has 1 aliphatic rings. The number of hydrogen-bond donors (Lipinski definition) is 0. The van der Waals surface area contributed by atoms with Crippen molar-refractivity contribution in [1.29, 1.82) is 0 Å². The van der Waals surface area contributed by atoms with E-state index in [4.69, 9.17) is 9.47 Å². The minimum Gasteiger partial charge on any atom is -0.497 e. The van der Waals surface area contributed by atoms with Crippen LogP contribution in [0.25, 0.3) is 0 Å². The monoisotopic (exact) mass is 379 g/mol. The molecule has 0 fully saturated rings. The Kier molecular flexibility index (Phi) is 6.48. The van der Waals surface area contributed by atoms with Gasteiger partial charge in [0.15, 0.2) is 5.78 Å². The largest absolute Gasteiger partial charge is 0.497 e. The normalized spacial score (nSPS) is 15.9. The summed E-state index contributed by atoms with van der Waals surface area (Å²) in [5.74, 6) is 0.792. The van der Waals surface area contributed by atoms with E-state index >= 15 is 0 Å². The highest BCUT2D eigenvalue weighted by Crippen LogP contribution is 2.35. The minimum atomic E-state index is -0.341. The first kappa shape index (κ1) is 19.7. The number of ketones is 1. The van der Waals surface area contributed by atoms with Gasteiger partial charge in [-0.2, -0.15) is 0 Å².